The van der Waals surface area contributed by atoms with Crippen LogP contribution in [0.25, 0.3) is 5.57 Å². The molecule has 2 nitrogen and oxygen atoms in total. The lowest BCUT2D eigenvalue weighted by molar-refractivity contribution is 0.319. The molecule has 1 aromatic rings. The Morgan fingerprint density at radius 3 is 2.53 bits per heavy atom. The summed E-state index contributed by atoms with van der Waals surface area (Å²) in [4.78, 5) is 0. The smallest absolute Gasteiger partial charge is 0.123 e. The van der Waals surface area contributed by atoms with Crippen molar-refractivity contribution >= 4 is 11.3 Å². The molecule has 0 saturated heterocycles. The third-order valence-electron chi connectivity index (χ3n) is 3.11. The first-order chi connectivity index (χ1) is 8.26. The molecule has 0 aromatic heterocycles. The van der Waals surface area contributed by atoms with E-state index in [2.05, 4.69) is 12.1 Å². The molecule has 0 fully saturated rings. The molecule has 3 heteroatoms. The normalized spacial score (nSPS) is 18.1. The minimum Gasteiger partial charge on any atom is -0.411 e. The molecule has 2 rings (SSSR count). The second-order valence-corrected chi connectivity index (χ2v) is 4.28. The molecule has 0 bridgehead atoms. The van der Waals surface area contributed by atoms with E-state index in [9.17, 15) is 4.39 Å². The van der Waals surface area contributed by atoms with Crippen LogP contribution in [0.15, 0.2) is 35.0 Å². The Kier molecular flexibility index (Phi) is 3.57. The van der Waals surface area contributed by atoms with Gasteiger partial charge in [0, 0.05) is 5.57 Å². The molecule has 0 radical (unpaired) electrons. The van der Waals surface area contributed by atoms with Crippen LogP contribution in [0.1, 0.15) is 38.2 Å². The second kappa shape index (κ2) is 5.13. The predicted molar refractivity (Wildman–Crippen MR) is 66.7 cm³/mol. The van der Waals surface area contributed by atoms with Gasteiger partial charge < -0.3 is 5.21 Å². The highest BCUT2D eigenvalue weighted by atomic mass is 19.1. The van der Waals surface area contributed by atoms with Gasteiger partial charge in [0.1, 0.15) is 5.82 Å². The zero-order chi connectivity index (χ0) is 12.3. The van der Waals surface area contributed by atoms with Crippen LogP contribution in [0.5, 0.6) is 0 Å². The Balaban J connectivity index is 2.43. The third kappa shape index (κ3) is 2.38. The van der Waals surface area contributed by atoms with Crippen LogP contribution >= 0.6 is 0 Å². The molecule has 0 amide bonds. The Morgan fingerprint density at radius 2 is 1.94 bits per heavy atom. The SMILES string of the molecule is CCCC1=C(c2ccc(F)cc2)/C(=N/O)CC1. The van der Waals surface area contributed by atoms with E-state index in [1.165, 1.54) is 17.7 Å². The molecule has 0 heterocycles. The monoisotopic (exact) mass is 233 g/mol. The van der Waals surface area contributed by atoms with Crippen molar-refractivity contribution in [3.63, 3.8) is 0 Å². The maximum Gasteiger partial charge on any atom is 0.123 e. The predicted octanol–water partition coefficient (Wildman–Crippen LogP) is 4.00. The molecule has 1 N–H and O–H groups in total. The number of hydrogen-bond acceptors (Lipinski definition) is 2. The highest BCUT2D eigenvalue weighted by Gasteiger charge is 2.22. The van der Waals surface area contributed by atoms with E-state index < -0.39 is 0 Å². The van der Waals surface area contributed by atoms with Crippen molar-refractivity contribution in [2.24, 2.45) is 5.16 Å². The maximum atomic E-state index is 12.9. The van der Waals surface area contributed by atoms with Gasteiger partial charge in [0.25, 0.3) is 0 Å². The molecule has 90 valence electrons. The zero-order valence-electron chi connectivity index (χ0n) is 9.91. The fourth-order valence-corrected chi connectivity index (χ4v) is 2.36. The number of hydrogen-bond donors (Lipinski definition) is 1. The average Bonchev–Trinajstić information content (AvgIpc) is 2.74. The van der Waals surface area contributed by atoms with Gasteiger partial charge in [0.15, 0.2) is 0 Å². The van der Waals surface area contributed by atoms with Crippen LogP contribution in [0, 0.1) is 5.82 Å². The van der Waals surface area contributed by atoms with Gasteiger partial charge >= 0.3 is 0 Å². The van der Waals surface area contributed by atoms with Crippen LogP contribution in [0.3, 0.4) is 0 Å². The van der Waals surface area contributed by atoms with Crippen LogP contribution in [0.2, 0.25) is 0 Å². The molecule has 1 aliphatic rings. The topological polar surface area (TPSA) is 32.6 Å². The van der Waals surface area contributed by atoms with Crippen molar-refractivity contribution in [3.8, 4) is 0 Å². The number of allylic oxidation sites excluding steroid dienone is 2. The summed E-state index contributed by atoms with van der Waals surface area (Å²) < 4.78 is 12.9. The highest BCUT2D eigenvalue weighted by molar-refractivity contribution is 6.26. The maximum absolute atomic E-state index is 12.9. The van der Waals surface area contributed by atoms with E-state index in [1.54, 1.807) is 12.1 Å². The van der Waals surface area contributed by atoms with Gasteiger partial charge in [-0.25, -0.2) is 4.39 Å². The highest BCUT2D eigenvalue weighted by Crippen LogP contribution is 2.34. The molecule has 1 aliphatic carbocycles. The summed E-state index contributed by atoms with van der Waals surface area (Å²) in [5.41, 5.74) is 3.99. The van der Waals surface area contributed by atoms with Crippen LogP contribution in [-0.4, -0.2) is 10.9 Å². The molecular formula is C14H16FNO. The van der Waals surface area contributed by atoms with E-state index in [-0.39, 0.29) is 5.82 Å². The van der Waals surface area contributed by atoms with Crippen LogP contribution in [-0.2, 0) is 0 Å². The van der Waals surface area contributed by atoms with Crippen molar-refractivity contribution in [2.45, 2.75) is 32.6 Å². The van der Waals surface area contributed by atoms with E-state index >= 15 is 0 Å². The van der Waals surface area contributed by atoms with E-state index in [0.29, 0.717) is 0 Å². The van der Waals surface area contributed by atoms with Gasteiger partial charge in [-0.05, 0) is 37.0 Å². The largest absolute Gasteiger partial charge is 0.411 e. The molecular weight excluding hydrogens is 217 g/mol. The van der Waals surface area contributed by atoms with Crippen molar-refractivity contribution in [2.75, 3.05) is 0 Å². The first-order valence-corrected chi connectivity index (χ1v) is 5.95. The fourth-order valence-electron chi connectivity index (χ4n) is 2.36. The Labute approximate surface area is 100 Å². The number of halogens is 1. The minimum absolute atomic E-state index is 0.244. The van der Waals surface area contributed by atoms with Crippen LogP contribution in [0.4, 0.5) is 4.39 Å². The number of oxime groups is 1. The van der Waals surface area contributed by atoms with Crippen molar-refractivity contribution in [1.82, 2.24) is 0 Å². The molecule has 17 heavy (non-hydrogen) atoms. The van der Waals surface area contributed by atoms with Gasteiger partial charge in [-0.2, -0.15) is 0 Å². The van der Waals surface area contributed by atoms with E-state index in [0.717, 1.165) is 42.5 Å². The third-order valence-corrected chi connectivity index (χ3v) is 3.11. The number of rotatable bonds is 3. The number of benzene rings is 1. The lowest BCUT2D eigenvalue weighted by Gasteiger charge is -2.07. The van der Waals surface area contributed by atoms with E-state index in [1.807, 2.05) is 0 Å². The molecule has 0 unspecified atom stereocenters. The summed E-state index contributed by atoms with van der Waals surface area (Å²) in [6, 6.07) is 6.38. The molecule has 0 saturated carbocycles. The number of nitrogens with zero attached hydrogens (tertiary/aromatic N) is 1. The van der Waals surface area contributed by atoms with Gasteiger partial charge in [0.05, 0.1) is 5.71 Å². The van der Waals surface area contributed by atoms with E-state index in [4.69, 9.17) is 5.21 Å². The Bertz CT molecular complexity index is 460. The van der Waals surface area contributed by atoms with Gasteiger partial charge in [-0.15, -0.1) is 0 Å². The van der Waals surface area contributed by atoms with Gasteiger partial charge in [-0.3, -0.25) is 0 Å². The van der Waals surface area contributed by atoms with Crippen molar-refractivity contribution < 1.29 is 9.60 Å². The van der Waals surface area contributed by atoms with Crippen molar-refractivity contribution in [1.29, 1.82) is 0 Å². The summed E-state index contributed by atoms with van der Waals surface area (Å²) in [5, 5.41) is 12.4. The summed E-state index contributed by atoms with van der Waals surface area (Å²) in [7, 11) is 0. The summed E-state index contributed by atoms with van der Waals surface area (Å²) >= 11 is 0. The fraction of sp³-hybridized carbons (Fsp3) is 0.357. The lowest BCUT2D eigenvalue weighted by atomic mass is 9.99. The quantitative estimate of drug-likeness (QED) is 0.621. The Hall–Kier alpha value is -1.64. The Morgan fingerprint density at radius 1 is 1.24 bits per heavy atom. The molecule has 0 atom stereocenters. The minimum atomic E-state index is -0.244. The van der Waals surface area contributed by atoms with Crippen LogP contribution < -0.4 is 0 Å². The molecule has 0 spiro atoms. The zero-order valence-corrected chi connectivity index (χ0v) is 9.91. The molecule has 1 aromatic carbocycles. The summed E-state index contributed by atoms with van der Waals surface area (Å²) in [6.07, 6.45) is 3.79. The molecule has 0 aliphatic heterocycles. The first-order valence-electron chi connectivity index (χ1n) is 5.95. The van der Waals surface area contributed by atoms with Crippen molar-refractivity contribution in [3.05, 3.63) is 41.2 Å². The van der Waals surface area contributed by atoms with Gasteiger partial charge in [0.2, 0.25) is 0 Å². The van der Waals surface area contributed by atoms with Gasteiger partial charge in [-0.1, -0.05) is 36.2 Å². The standard InChI is InChI=1S/C14H16FNO/c1-2-3-10-6-9-13(16-17)14(10)11-4-7-12(15)8-5-11/h4-5,7-8,17H,2-3,6,9H2,1H3/b16-13+. The summed E-state index contributed by atoms with van der Waals surface area (Å²) in [5.74, 6) is -0.244. The second-order valence-electron chi connectivity index (χ2n) is 4.28. The lowest BCUT2D eigenvalue weighted by Crippen LogP contribution is -1.97. The summed E-state index contributed by atoms with van der Waals surface area (Å²) in [6.45, 7) is 2.13. The first kappa shape index (κ1) is 11.8. The average molecular weight is 233 g/mol.